The van der Waals surface area contributed by atoms with E-state index in [4.69, 9.17) is 9.47 Å². The molecule has 0 aromatic rings. The van der Waals surface area contributed by atoms with Gasteiger partial charge in [0.1, 0.15) is 5.60 Å². The third kappa shape index (κ3) is 4.59. The van der Waals surface area contributed by atoms with Crippen LogP contribution in [0.3, 0.4) is 0 Å². The van der Waals surface area contributed by atoms with Gasteiger partial charge < -0.3 is 19.7 Å². The van der Waals surface area contributed by atoms with E-state index in [2.05, 4.69) is 5.32 Å². The van der Waals surface area contributed by atoms with E-state index in [1.54, 1.807) is 0 Å². The summed E-state index contributed by atoms with van der Waals surface area (Å²) in [6, 6.07) is 0. The molecule has 2 amide bonds. The second kappa shape index (κ2) is 7.07. The summed E-state index contributed by atoms with van der Waals surface area (Å²) < 4.78 is 10.8. The Balaban J connectivity index is 1.99. The van der Waals surface area contributed by atoms with Crippen molar-refractivity contribution in [3.05, 3.63) is 0 Å². The molecule has 2 heterocycles. The van der Waals surface area contributed by atoms with Crippen LogP contribution in [0.25, 0.3) is 0 Å². The normalized spacial score (nSPS) is 23.8. The minimum atomic E-state index is -0.500. The van der Waals surface area contributed by atoms with Crippen molar-refractivity contribution in [2.75, 3.05) is 32.8 Å². The molecule has 0 saturated carbocycles. The van der Waals surface area contributed by atoms with Gasteiger partial charge >= 0.3 is 6.09 Å². The minimum Gasteiger partial charge on any atom is -0.444 e. The molecule has 2 aliphatic rings. The first-order valence-corrected chi connectivity index (χ1v) is 8.58. The molecule has 2 rings (SSSR count). The molecule has 0 radical (unpaired) electrons. The van der Waals surface area contributed by atoms with Gasteiger partial charge in [0.25, 0.3) is 0 Å². The largest absolute Gasteiger partial charge is 0.444 e. The van der Waals surface area contributed by atoms with Crippen molar-refractivity contribution in [3.8, 4) is 0 Å². The standard InChI is InChI=1S/C17H30N2O4/c1-5-14(20)19-11-13(10-18-15(21)23-16(2,3)4)17(12-19)6-8-22-9-7-17/h13H,5-12H2,1-4H3,(H,18,21)/t13-/m1/s1. The van der Waals surface area contributed by atoms with Gasteiger partial charge in [-0.1, -0.05) is 6.92 Å². The Morgan fingerprint density at radius 3 is 2.52 bits per heavy atom. The van der Waals surface area contributed by atoms with E-state index in [1.807, 2.05) is 32.6 Å². The van der Waals surface area contributed by atoms with Crippen molar-refractivity contribution in [1.29, 1.82) is 0 Å². The highest BCUT2D eigenvalue weighted by atomic mass is 16.6. The van der Waals surface area contributed by atoms with Gasteiger partial charge in [0.15, 0.2) is 0 Å². The van der Waals surface area contributed by atoms with Crippen molar-refractivity contribution in [1.82, 2.24) is 10.2 Å². The SMILES string of the molecule is CCC(=O)N1C[C@@H](CNC(=O)OC(C)(C)C)C2(CCOCC2)C1. The Morgan fingerprint density at radius 1 is 1.30 bits per heavy atom. The topological polar surface area (TPSA) is 67.9 Å². The summed E-state index contributed by atoms with van der Waals surface area (Å²) >= 11 is 0. The van der Waals surface area contributed by atoms with Gasteiger partial charge in [0.2, 0.25) is 5.91 Å². The molecule has 0 aromatic heterocycles. The highest BCUT2D eigenvalue weighted by Gasteiger charge is 2.48. The molecule has 2 fully saturated rings. The average Bonchev–Trinajstić information content (AvgIpc) is 2.81. The zero-order valence-electron chi connectivity index (χ0n) is 14.8. The third-order valence-corrected chi connectivity index (χ3v) is 4.85. The molecule has 0 bridgehead atoms. The molecule has 0 aliphatic carbocycles. The Morgan fingerprint density at radius 2 is 1.96 bits per heavy atom. The molecular weight excluding hydrogens is 296 g/mol. The lowest BCUT2D eigenvalue weighted by molar-refractivity contribution is -0.130. The number of ether oxygens (including phenoxy) is 2. The van der Waals surface area contributed by atoms with Crippen molar-refractivity contribution < 1.29 is 19.1 Å². The lowest BCUT2D eigenvalue weighted by Crippen LogP contribution is -2.43. The summed E-state index contributed by atoms with van der Waals surface area (Å²) in [7, 11) is 0. The smallest absolute Gasteiger partial charge is 0.407 e. The van der Waals surface area contributed by atoms with Crippen LogP contribution < -0.4 is 5.32 Å². The number of amides is 2. The van der Waals surface area contributed by atoms with Crippen LogP contribution in [0.15, 0.2) is 0 Å². The lowest BCUT2D eigenvalue weighted by Gasteiger charge is -2.38. The van der Waals surface area contributed by atoms with Crippen LogP contribution in [0.2, 0.25) is 0 Å². The molecule has 1 N–H and O–H groups in total. The number of nitrogens with zero attached hydrogens (tertiary/aromatic N) is 1. The van der Waals surface area contributed by atoms with Gasteiger partial charge in [-0.05, 0) is 39.0 Å². The molecular formula is C17H30N2O4. The molecule has 0 aromatic carbocycles. The van der Waals surface area contributed by atoms with Crippen LogP contribution in [-0.4, -0.2) is 55.3 Å². The van der Waals surface area contributed by atoms with Gasteiger partial charge in [-0.3, -0.25) is 4.79 Å². The van der Waals surface area contributed by atoms with Crippen LogP contribution in [0, 0.1) is 11.3 Å². The van der Waals surface area contributed by atoms with E-state index in [0.717, 1.165) is 32.6 Å². The monoisotopic (exact) mass is 326 g/mol. The fourth-order valence-corrected chi connectivity index (χ4v) is 3.59. The summed E-state index contributed by atoms with van der Waals surface area (Å²) in [5.41, 5.74) is -0.432. The van der Waals surface area contributed by atoms with Gasteiger partial charge in [-0.15, -0.1) is 0 Å². The van der Waals surface area contributed by atoms with Crippen LogP contribution >= 0.6 is 0 Å². The highest BCUT2D eigenvalue weighted by molar-refractivity contribution is 5.76. The predicted molar refractivity (Wildman–Crippen MR) is 87.1 cm³/mol. The second-order valence-corrected chi connectivity index (χ2v) is 7.68. The first-order valence-electron chi connectivity index (χ1n) is 8.58. The minimum absolute atomic E-state index is 0.0676. The van der Waals surface area contributed by atoms with Crippen LogP contribution in [0.4, 0.5) is 4.79 Å². The zero-order chi connectivity index (χ0) is 17.1. The van der Waals surface area contributed by atoms with Gasteiger partial charge in [0, 0.05) is 45.2 Å². The van der Waals surface area contributed by atoms with E-state index in [1.165, 1.54) is 0 Å². The maximum atomic E-state index is 12.1. The van der Waals surface area contributed by atoms with Gasteiger partial charge in [-0.25, -0.2) is 4.79 Å². The summed E-state index contributed by atoms with van der Waals surface area (Å²) in [6.45, 7) is 10.9. The molecule has 132 valence electrons. The lowest BCUT2D eigenvalue weighted by atomic mass is 9.72. The van der Waals surface area contributed by atoms with E-state index >= 15 is 0 Å². The summed E-state index contributed by atoms with van der Waals surface area (Å²) in [5.74, 6) is 0.449. The molecule has 2 aliphatic heterocycles. The molecule has 0 unspecified atom stereocenters. The molecule has 2 saturated heterocycles. The van der Waals surface area contributed by atoms with Crippen LogP contribution in [0.1, 0.15) is 47.0 Å². The van der Waals surface area contributed by atoms with Crippen molar-refractivity contribution in [2.24, 2.45) is 11.3 Å². The molecule has 23 heavy (non-hydrogen) atoms. The Bertz CT molecular complexity index is 438. The van der Waals surface area contributed by atoms with Crippen LogP contribution in [-0.2, 0) is 14.3 Å². The van der Waals surface area contributed by atoms with E-state index in [0.29, 0.717) is 19.5 Å². The average molecular weight is 326 g/mol. The number of alkyl carbamates (subject to hydrolysis) is 1. The quantitative estimate of drug-likeness (QED) is 0.863. The predicted octanol–water partition coefficient (Wildman–Crippen LogP) is 2.18. The number of carbonyl (C=O) groups is 2. The first-order chi connectivity index (χ1) is 10.8. The van der Waals surface area contributed by atoms with Crippen molar-refractivity contribution in [3.63, 3.8) is 0 Å². The van der Waals surface area contributed by atoms with E-state index < -0.39 is 5.60 Å². The first kappa shape index (κ1) is 18.0. The molecule has 1 spiro atoms. The molecule has 6 nitrogen and oxygen atoms in total. The fourth-order valence-electron chi connectivity index (χ4n) is 3.59. The van der Waals surface area contributed by atoms with Crippen LogP contribution in [0.5, 0.6) is 0 Å². The molecule has 1 atom stereocenters. The van der Waals surface area contributed by atoms with E-state index in [-0.39, 0.29) is 23.3 Å². The Labute approximate surface area is 138 Å². The Kier molecular flexibility index (Phi) is 5.55. The molecule has 6 heteroatoms. The maximum absolute atomic E-state index is 12.1. The maximum Gasteiger partial charge on any atom is 0.407 e. The van der Waals surface area contributed by atoms with Gasteiger partial charge in [-0.2, -0.15) is 0 Å². The number of likely N-dealkylation sites (tertiary alicyclic amines) is 1. The number of hydrogen-bond acceptors (Lipinski definition) is 4. The number of carbonyl (C=O) groups excluding carboxylic acids is 2. The third-order valence-electron chi connectivity index (χ3n) is 4.85. The van der Waals surface area contributed by atoms with E-state index in [9.17, 15) is 9.59 Å². The van der Waals surface area contributed by atoms with Gasteiger partial charge in [0.05, 0.1) is 0 Å². The zero-order valence-corrected chi connectivity index (χ0v) is 14.8. The Hall–Kier alpha value is -1.30. The van der Waals surface area contributed by atoms with Crippen molar-refractivity contribution >= 4 is 12.0 Å². The summed E-state index contributed by atoms with van der Waals surface area (Å²) in [6.07, 6.45) is 2.03. The number of nitrogens with one attached hydrogen (secondary N) is 1. The summed E-state index contributed by atoms with van der Waals surface area (Å²) in [4.78, 5) is 26.0. The number of rotatable bonds is 3. The highest BCUT2D eigenvalue weighted by Crippen LogP contribution is 2.44. The summed E-state index contributed by atoms with van der Waals surface area (Å²) in [5, 5.41) is 2.89. The second-order valence-electron chi connectivity index (χ2n) is 7.68. The van der Waals surface area contributed by atoms with Crippen molar-refractivity contribution in [2.45, 2.75) is 52.6 Å². The fraction of sp³-hybridized carbons (Fsp3) is 0.882. The number of hydrogen-bond donors (Lipinski definition) is 1.